The lowest BCUT2D eigenvalue weighted by atomic mass is 10.0. The third kappa shape index (κ3) is 5.41. The molecular formula is C22H27N3O3. The maximum atomic E-state index is 12.9. The first-order valence-corrected chi connectivity index (χ1v) is 9.69. The second-order valence-electron chi connectivity index (χ2n) is 6.95. The summed E-state index contributed by atoms with van der Waals surface area (Å²) >= 11 is 0. The number of nitrogens with zero attached hydrogens (tertiary/aromatic N) is 2. The lowest BCUT2D eigenvalue weighted by Gasteiger charge is -2.35. The molecular weight excluding hydrogens is 354 g/mol. The monoisotopic (exact) mass is 381 g/mol. The number of hydrogen-bond donors (Lipinski definition) is 2. The number of carbonyl (C=O) groups excluding carboxylic acids is 2. The van der Waals surface area contributed by atoms with Gasteiger partial charge in [0, 0.05) is 38.3 Å². The second kappa shape index (κ2) is 10.0. The summed E-state index contributed by atoms with van der Waals surface area (Å²) in [5.74, 6) is -0.152. The third-order valence-electron chi connectivity index (χ3n) is 5.06. The molecule has 0 aromatic heterocycles. The van der Waals surface area contributed by atoms with Gasteiger partial charge in [0.2, 0.25) is 5.91 Å². The zero-order valence-electron chi connectivity index (χ0n) is 16.0. The average molecular weight is 381 g/mol. The van der Waals surface area contributed by atoms with Crippen molar-refractivity contribution in [2.75, 3.05) is 39.3 Å². The molecule has 6 nitrogen and oxygen atoms in total. The van der Waals surface area contributed by atoms with E-state index in [0.29, 0.717) is 25.2 Å². The molecule has 1 unspecified atom stereocenters. The molecule has 6 heteroatoms. The summed E-state index contributed by atoms with van der Waals surface area (Å²) in [4.78, 5) is 29.5. The first-order valence-electron chi connectivity index (χ1n) is 9.69. The molecule has 3 rings (SSSR count). The topological polar surface area (TPSA) is 72.9 Å². The molecule has 1 aliphatic heterocycles. The molecule has 28 heavy (non-hydrogen) atoms. The highest BCUT2D eigenvalue weighted by atomic mass is 16.3. The molecule has 1 heterocycles. The van der Waals surface area contributed by atoms with Crippen LogP contribution in [0.4, 0.5) is 0 Å². The molecule has 1 aliphatic rings. The van der Waals surface area contributed by atoms with Gasteiger partial charge >= 0.3 is 0 Å². The Bertz CT molecular complexity index is 759. The van der Waals surface area contributed by atoms with Gasteiger partial charge in [-0.1, -0.05) is 48.5 Å². The highest BCUT2D eigenvalue weighted by Crippen LogP contribution is 2.19. The molecule has 0 spiro atoms. The fraction of sp³-hybridized carbons (Fsp3) is 0.364. The average Bonchev–Trinajstić information content (AvgIpc) is 2.75. The summed E-state index contributed by atoms with van der Waals surface area (Å²) in [6.45, 7) is 3.59. The van der Waals surface area contributed by atoms with Crippen molar-refractivity contribution < 1.29 is 14.7 Å². The Morgan fingerprint density at radius 3 is 2.14 bits per heavy atom. The van der Waals surface area contributed by atoms with E-state index in [1.165, 1.54) is 0 Å². The molecule has 0 aliphatic carbocycles. The maximum absolute atomic E-state index is 12.9. The van der Waals surface area contributed by atoms with Crippen LogP contribution in [-0.4, -0.2) is 66.1 Å². The van der Waals surface area contributed by atoms with Gasteiger partial charge in [-0.25, -0.2) is 0 Å². The number of carbonyl (C=O) groups is 2. The van der Waals surface area contributed by atoms with Crippen LogP contribution in [0.5, 0.6) is 0 Å². The van der Waals surface area contributed by atoms with Crippen LogP contribution in [0.15, 0.2) is 60.7 Å². The minimum absolute atomic E-state index is 0.0332. The van der Waals surface area contributed by atoms with Crippen molar-refractivity contribution in [1.29, 1.82) is 0 Å². The first-order chi connectivity index (χ1) is 13.7. The standard InChI is InChI=1S/C22H27N3O3/c26-16-15-24-11-13-25(14-12-24)21(27)17-20(18-7-3-1-4-8-18)23-22(28)19-9-5-2-6-10-19/h1-10,20,26H,11-17H2,(H,23,28). The Kier molecular flexibility index (Phi) is 7.17. The number of amides is 2. The Balaban J connectivity index is 1.66. The summed E-state index contributed by atoms with van der Waals surface area (Å²) < 4.78 is 0. The number of hydrogen-bond acceptors (Lipinski definition) is 4. The van der Waals surface area contributed by atoms with Crippen LogP contribution in [0.25, 0.3) is 0 Å². The molecule has 148 valence electrons. The maximum Gasteiger partial charge on any atom is 0.251 e. The molecule has 0 saturated carbocycles. The van der Waals surface area contributed by atoms with Gasteiger partial charge in [0.15, 0.2) is 0 Å². The van der Waals surface area contributed by atoms with Crippen molar-refractivity contribution in [3.05, 3.63) is 71.8 Å². The zero-order chi connectivity index (χ0) is 19.8. The van der Waals surface area contributed by atoms with Crippen LogP contribution >= 0.6 is 0 Å². The molecule has 1 saturated heterocycles. The van der Waals surface area contributed by atoms with E-state index in [1.54, 1.807) is 12.1 Å². The molecule has 0 radical (unpaired) electrons. The summed E-state index contributed by atoms with van der Waals surface area (Å²) in [5.41, 5.74) is 1.49. The summed E-state index contributed by atoms with van der Waals surface area (Å²) in [5, 5.41) is 12.1. The van der Waals surface area contributed by atoms with E-state index in [0.717, 1.165) is 18.7 Å². The van der Waals surface area contributed by atoms with Crippen LogP contribution in [0.2, 0.25) is 0 Å². The number of nitrogens with one attached hydrogen (secondary N) is 1. The van der Waals surface area contributed by atoms with Crippen LogP contribution in [0.1, 0.15) is 28.4 Å². The van der Waals surface area contributed by atoms with Crippen LogP contribution in [-0.2, 0) is 4.79 Å². The second-order valence-corrected chi connectivity index (χ2v) is 6.95. The van der Waals surface area contributed by atoms with Gasteiger partial charge < -0.3 is 15.3 Å². The van der Waals surface area contributed by atoms with Crippen molar-refractivity contribution in [1.82, 2.24) is 15.1 Å². The van der Waals surface area contributed by atoms with Gasteiger partial charge in [0.25, 0.3) is 5.91 Å². The minimum atomic E-state index is -0.378. The highest BCUT2D eigenvalue weighted by Gasteiger charge is 2.25. The first kappa shape index (κ1) is 20.0. The van der Waals surface area contributed by atoms with E-state index >= 15 is 0 Å². The molecule has 2 amide bonds. The minimum Gasteiger partial charge on any atom is -0.395 e. The van der Waals surface area contributed by atoms with E-state index in [4.69, 9.17) is 5.11 Å². The van der Waals surface area contributed by atoms with Crippen molar-refractivity contribution >= 4 is 11.8 Å². The smallest absolute Gasteiger partial charge is 0.251 e. The number of β-amino-alcohol motifs (C(OH)–C–C–N with tert-alkyl or cyclic N) is 1. The Morgan fingerprint density at radius 2 is 1.54 bits per heavy atom. The predicted octanol–water partition coefficient (Wildman–Crippen LogP) is 1.68. The Morgan fingerprint density at radius 1 is 0.929 bits per heavy atom. The number of aliphatic hydroxyl groups is 1. The zero-order valence-corrected chi connectivity index (χ0v) is 16.0. The van der Waals surface area contributed by atoms with E-state index in [9.17, 15) is 9.59 Å². The van der Waals surface area contributed by atoms with Gasteiger partial charge in [0.1, 0.15) is 0 Å². The fourth-order valence-electron chi connectivity index (χ4n) is 3.43. The lowest BCUT2D eigenvalue weighted by Crippen LogP contribution is -2.50. The van der Waals surface area contributed by atoms with E-state index in [2.05, 4.69) is 10.2 Å². The molecule has 2 aromatic rings. The van der Waals surface area contributed by atoms with Crippen molar-refractivity contribution in [3.8, 4) is 0 Å². The number of piperazine rings is 1. The number of aliphatic hydroxyl groups excluding tert-OH is 1. The normalized spacial score (nSPS) is 15.8. The van der Waals surface area contributed by atoms with Crippen molar-refractivity contribution in [2.24, 2.45) is 0 Å². The summed E-state index contributed by atoms with van der Waals surface area (Å²) in [6.07, 6.45) is 0.225. The van der Waals surface area contributed by atoms with E-state index < -0.39 is 0 Å². The van der Waals surface area contributed by atoms with Crippen molar-refractivity contribution in [3.63, 3.8) is 0 Å². The van der Waals surface area contributed by atoms with Gasteiger partial charge in [-0.05, 0) is 17.7 Å². The van der Waals surface area contributed by atoms with Gasteiger partial charge in [0.05, 0.1) is 19.1 Å². The van der Waals surface area contributed by atoms with Gasteiger partial charge in [-0.2, -0.15) is 0 Å². The van der Waals surface area contributed by atoms with Crippen LogP contribution in [0.3, 0.4) is 0 Å². The Labute approximate surface area is 165 Å². The van der Waals surface area contributed by atoms with Crippen LogP contribution in [0, 0.1) is 0 Å². The summed E-state index contributed by atoms with van der Waals surface area (Å²) in [7, 11) is 0. The summed E-state index contributed by atoms with van der Waals surface area (Å²) in [6, 6.07) is 18.3. The largest absolute Gasteiger partial charge is 0.395 e. The number of rotatable bonds is 7. The molecule has 1 fully saturated rings. The Hall–Kier alpha value is -2.70. The molecule has 1 atom stereocenters. The van der Waals surface area contributed by atoms with E-state index in [-0.39, 0.29) is 30.9 Å². The van der Waals surface area contributed by atoms with E-state index in [1.807, 2.05) is 53.4 Å². The molecule has 0 bridgehead atoms. The quantitative estimate of drug-likeness (QED) is 0.766. The predicted molar refractivity (Wildman–Crippen MR) is 108 cm³/mol. The number of benzene rings is 2. The molecule has 2 N–H and O–H groups in total. The lowest BCUT2D eigenvalue weighted by molar-refractivity contribution is -0.133. The SMILES string of the molecule is O=C(NC(CC(=O)N1CCN(CCO)CC1)c1ccccc1)c1ccccc1. The van der Waals surface area contributed by atoms with Crippen molar-refractivity contribution in [2.45, 2.75) is 12.5 Å². The van der Waals surface area contributed by atoms with Gasteiger partial charge in [-0.3, -0.25) is 14.5 Å². The van der Waals surface area contributed by atoms with Crippen LogP contribution < -0.4 is 5.32 Å². The highest BCUT2D eigenvalue weighted by molar-refractivity contribution is 5.94. The third-order valence-corrected chi connectivity index (χ3v) is 5.06. The van der Waals surface area contributed by atoms with Gasteiger partial charge in [-0.15, -0.1) is 0 Å². The fourth-order valence-corrected chi connectivity index (χ4v) is 3.43. The molecule has 2 aromatic carbocycles.